The summed E-state index contributed by atoms with van der Waals surface area (Å²) < 4.78 is 6.05. The molecular weight excluding hydrogens is 328 g/mol. The Hall–Kier alpha value is -2.24. The summed E-state index contributed by atoms with van der Waals surface area (Å²) in [5.74, 6) is 1.66. The van der Waals surface area contributed by atoms with Crippen molar-refractivity contribution in [3.8, 4) is 5.75 Å². The summed E-state index contributed by atoms with van der Waals surface area (Å²) in [4.78, 5) is 18.7. The molecule has 0 spiro atoms. The molecule has 0 bridgehead atoms. The van der Waals surface area contributed by atoms with Gasteiger partial charge in [0.2, 0.25) is 5.91 Å². The summed E-state index contributed by atoms with van der Waals surface area (Å²) >= 11 is 0. The van der Waals surface area contributed by atoms with Crippen LogP contribution in [-0.4, -0.2) is 54.6 Å². The van der Waals surface area contributed by atoms with Gasteiger partial charge in [0.15, 0.2) is 5.96 Å². The average molecular weight is 361 g/mol. The standard InChI is InChI=1S/C20H32N4O2/c1-5-21-19(22-15-18(25)23-20(2,3)4)24-13-11-17(12-14-24)26-16-9-7-6-8-10-16/h6-10,17H,5,11-15H2,1-4H3,(H,21,22)(H,23,25). The molecule has 1 fully saturated rings. The van der Waals surface area contributed by atoms with Gasteiger partial charge in [-0.1, -0.05) is 18.2 Å². The molecule has 2 N–H and O–H groups in total. The molecule has 1 saturated heterocycles. The van der Waals surface area contributed by atoms with Crippen molar-refractivity contribution in [2.75, 3.05) is 26.2 Å². The Morgan fingerprint density at radius 3 is 2.46 bits per heavy atom. The van der Waals surface area contributed by atoms with Crippen LogP contribution in [0.25, 0.3) is 0 Å². The van der Waals surface area contributed by atoms with Crippen molar-refractivity contribution in [3.63, 3.8) is 0 Å². The van der Waals surface area contributed by atoms with Crippen LogP contribution in [0.1, 0.15) is 40.5 Å². The van der Waals surface area contributed by atoms with Crippen LogP contribution < -0.4 is 15.4 Å². The average Bonchev–Trinajstić information content (AvgIpc) is 2.59. The van der Waals surface area contributed by atoms with Crippen molar-refractivity contribution < 1.29 is 9.53 Å². The summed E-state index contributed by atoms with van der Waals surface area (Å²) in [5.41, 5.74) is -0.238. The highest BCUT2D eigenvalue weighted by Gasteiger charge is 2.23. The van der Waals surface area contributed by atoms with Crippen LogP contribution in [0.15, 0.2) is 35.3 Å². The van der Waals surface area contributed by atoms with Gasteiger partial charge < -0.3 is 20.3 Å². The largest absolute Gasteiger partial charge is 0.490 e. The lowest BCUT2D eigenvalue weighted by atomic mass is 10.1. The Morgan fingerprint density at radius 2 is 1.88 bits per heavy atom. The molecule has 1 aromatic rings. The topological polar surface area (TPSA) is 66.0 Å². The third kappa shape index (κ3) is 6.94. The minimum atomic E-state index is -0.238. The number of likely N-dealkylation sites (tertiary alicyclic amines) is 1. The number of hydrogen-bond acceptors (Lipinski definition) is 3. The van der Waals surface area contributed by atoms with E-state index >= 15 is 0 Å². The first kappa shape index (κ1) is 20.1. The quantitative estimate of drug-likeness (QED) is 0.625. The zero-order valence-electron chi connectivity index (χ0n) is 16.4. The first-order chi connectivity index (χ1) is 12.4. The van der Waals surface area contributed by atoms with E-state index in [4.69, 9.17) is 4.74 Å². The number of para-hydroxylation sites is 1. The summed E-state index contributed by atoms with van der Waals surface area (Å²) in [6.45, 7) is 10.6. The van der Waals surface area contributed by atoms with Gasteiger partial charge in [0.1, 0.15) is 18.4 Å². The number of hydrogen-bond donors (Lipinski definition) is 2. The van der Waals surface area contributed by atoms with Gasteiger partial charge in [-0.15, -0.1) is 0 Å². The normalized spacial score (nSPS) is 16.3. The number of benzene rings is 1. The molecule has 1 amide bonds. The number of nitrogens with one attached hydrogen (secondary N) is 2. The molecule has 1 aromatic carbocycles. The van der Waals surface area contributed by atoms with Crippen molar-refractivity contribution in [2.45, 2.75) is 52.2 Å². The van der Waals surface area contributed by atoms with E-state index in [0.717, 1.165) is 44.2 Å². The molecule has 0 aliphatic carbocycles. The molecule has 1 aliphatic heterocycles. The van der Waals surface area contributed by atoms with Crippen LogP contribution >= 0.6 is 0 Å². The Bertz CT molecular complexity index is 588. The Balaban J connectivity index is 1.86. The summed E-state index contributed by atoms with van der Waals surface area (Å²) in [6, 6.07) is 9.95. The molecule has 6 nitrogen and oxygen atoms in total. The maximum atomic E-state index is 12.0. The van der Waals surface area contributed by atoms with Crippen LogP contribution in [0.2, 0.25) is 0 Å². The van der Waals surface area contributed by atoms with Crippen molar-refractivity contribution in [3.05, 3.63) is 30.3 Å². The lowest BCUT2D eigenvalue weighted by Crippen LogP contribution is -2.48. The van der Waals surface area contributed by atoms with Crippen LogP contribution in [0.3, 0.4) is 0 Å². The molecule has 144 valence electrons. The molecule has 0 atom stereocenters. The number of rotatable bonds is 5. The molecular formula is C20H32N4O2. The highest BCUT2D eigenvalue weighted by Crippen LogP contribution is 2.18. The van der Waals surface area contributed by atoms with Gasteiger partial charge in [-0.25, -0.2) is 4.99 Å². The van der Waals surface area contributed by atoms with E-state index in [1.54, 1.807) is 0 Å². The molecule has 0 aromatic heterocycles. The molecule has 0 radical (unpaired) electrons. The molecule has 1 heterocycles. The zero-order chi connectivity index (χ0) is 19.0. The SMILES string of the molecule is CCNC(=NCC(=O)NC(C)(C)C)N1CCC(Oc2ccccc2)CC1. The molecule has 2 rings (SSSR count). The number of ether oxygens (including phenoxy) is 1. The van der Waals surface area contributed by atoms with Crippen molar-refractivity contribution in [1.29, 1.82) is 0 Å². The molecule has 1 aliphatic rings. The summed E-state index contributed by atoms with van der Waals surface area (Å²) in [7, 11) is 0. The second-order valence-corrected chi connectivity index (χ2v) is 7.59. The lowest BCUT2D eigenvalue weighted by Gasteiger charge is -2.34. The number of nitrogens with zero attached hydrogens (tertiary/aromatic N) is 2. The maximum absolute atomic E-state index is 12.0. The van der Waals surface area contributed by atoms with E-state index in [0.29, 0.717) is 0 Å². The van der Waals surface area contributed by atoms with Crippen molar-refractivity contribution >= 4 is 11.9 Å². The minimum Gasteiger partial charge on any atom is -0.490 e. The van der Waals surface area contributed by atoms with E-state index in [2.05, 4.69) is 20.5 Å². The monoisotopic (exact) mass is 360 g/mol. The van der Waals surface area contributed by atoms with Gasteiger partial charge >= 0.3 is 0 Å². The van der Waals surface area contributed by atoms with Gasteiger partial charge in [-0.2, -0.15) is 0 Å². The van der Waals surface area contributed by atoms with Crippen molar-refractivity contribution in [1.82, 2.24) is 15.5 Å². The number of piperidine rings is 1. The summed E-state index contributed by atoms with van der Waals surface area (Å²) in [6.07, 6.45) is 2.10. The Morgan fingerprint density at radius 1 is 1.23 bits per heavy atom. The fourth-order valence-corrected chi connectivity index (χ4v) is 2.91. The molecule has 0 unspecified atom stereocenters. The second-order valence-electron chi connectivity index (χ2n) is 7.59. The smallest absolute Gasteiger partial charge is 0.242 e. The van der Waals surface area contributed by atoms with Crippen LogP contribution in [0, 0.1) is 0 Å². The molecule has 0 saturated carbocycles. The van der Waals surface area contributed by atoms with E-state index in [9.17, 15) is 4.79 Å². The molecule has 6 heteroatoms. The minimum absolute atomic E-state index is 0.0600. The fraction of sp³-hybridized carbons (Fsp3) is 0.600. The van der Waals surface area contributed by atoms with Gasteiger partial charge in [0.25, 0.3) is 0 Å². The first-order valence-corrected chi connectivity index (χ1v) is 9.43. The number of amides is 1. The third-order valence-corrected chi connectivity index (χ3v) is 4.01. The highest BCUT2D eigenvalue weighted by atomic mass is 16.5. The highest BCUT2D eigenvalue weighted by molar-refractivity contribution is 5.85. The van der Waals surface area contributed by atoms with Crippen LogP contribution in [0.5, 0.6) is 5.75 Å². The van der Waals surface area contributed by atoms with E-state index in [-0.39, 0.29) is 24.1 Å². The van der Waals surface area contributed by atoms with Crippen molar-refractivity contribution in [2.24, 2.45) is 4.99 Å². The van der Waals surface area contributed by atoms with Gasteiger partial charge in [-0.3, -0.25) is 4.79 Å². The van der Waals surface area contributed by atoms with E-state index in [1.807, 2.05) is 58.0 Å². The third-order valence-electron chi connectivity index (χ3n) is 4.01. The van der Waals surface area contributed by atoms with E-state index in [1.165, 1.54) is 0 Å². The van der Waals surface area contributed by atoms with Crippen LogP contribution in [-0.2, 0) is 4.79 Å². The Labute approximate surface area is 157 Å². The lowest BCUT2D eigenvalue weighted by molar-refractivity contribution is -0.121. The Kier molecular flexibility index (Phi) is 7.30. The summed E-state index contributed by atoms with van der Waals surface area (Å²) in [5, 5.41) is 6.23. The van der Waals surface area contributed by atoms with Crippen LogP contribution in [0.4, 0.5) is 0 Å². The number of carbonyl (C=O) groups is 1. The van der Waals surface area contributed by atoms with Gasteiger partial charge in [-0.05, 0) is 39.8 Å². The predicted octanol–water partition coefficient (Wildman–Crippen LogP) is 2.41. The molecule has 26 heavy (non-hydrogen) atoms. The van der Waals surface area contributed by atoms with Gasteiger partial charge in [0, 0.05) is 38.0 Å². The second kappa shape index (κ2) is 9.46. The fourth-order valence-electron chi connectivity index (χ4n) is 2.91. The maximum Gasteiger partial charge on any atom is 0.242 e. The number of guanidine groups is 1. The number of aliphatic imine (C=N–C) groups is 1. The zero-order valence-corrected chi connectivity index (χ0v) is 16.4. The number of carbonyl (C=O) groups excluding carboxylic acids is 1. The van der Waals surface area contributed by atoms with Gasteiger partial charge in [0.05, 0.1) is 0 Å². The predicted molar refractivity (Wildman–Crippen MR) is 106 cm³/mol. The van der Waals surface area contributed by atoms with E-state index < -0.39 is 0 Å². The first-order valence-electron chi connectivity index (χ1n) is 9.43.